The fraction of sp³-hybridized carbons (Fsp3) is 0.368. The largest absolute Gasteiger partial charge is 0.486 e. The van der Waals surface area contributed by atoms with Crippen molar-refractivity contribution in [3.8, 4) is 11.5 Å². The fourth-order valence-corrected chi connectivity index (χ4v) is 3.95. The van der Waals surface area contributed by atoms with Gasteiger partial charge in [-0.05, 0) is 31.2 Å². The molecule has 0 radical (unpaired) electrons. The summed E-state index contributed by atoms with van der Waals surface area (Å²) >= 11 is 0. The van der Waals surface area contributed by atoms with Crippen LogP contribution in [0.4, 0.5) is 0 Å². The molecule has 0 bridgehead atoms. The quantitative estimate of drug-likeness (QED) is 0.692. The first-order chi connectivity index (χ1) is 13.4. The van der Waals surface area contributed by atoms with Gasteiger partial charge in [-0.3, -0.25) is 9.78 Å². The van der Waals surface area contributed by atoms with Crippen molar-refractivity contribution in [3.63, 3.8) is 0 Å². The highest BCUT2D eigenvalue weighted by atomic mass is 32.2. The van der Waals surface area contributed by atoms with Gasteiger partial charge in [0.05, 0.1) is 13.1 Å². The highest BCUT2D eigenvalue weighted by Gasteiger charge is 2.28. The molecule has 0 N–H and O–H groups in total. The third-order valence-corrected chi connectivity index (χ3v) is 6.21. The van der Waals surface area contributed by atoms with E-state index in [0.29, 0.717) is 31.2 Å². The van der Waals surface area contributed by atoms with Gasteiger partial charge in [0.2, 0.25) is 15.9 Å². The first kappa shape index (κ1) is 20.1. The molecule has 1 aromatic carbocycles. The SMILES string of the molecule is CCN(CC1COc2ccccc2O1)C(=O)CN(C)S(=O)(=O)c1cccnc1. The van der Waals surface area contributed by atoms with Gasteiger partial charge in [-0.2, -0.15) is 4.31 Å². The molecular formula is C19H23N3O5S. The Hall–Kier alpha value is -2.65. The zero-order valence-electron chi connectivity index (χ0n) is 15.8. The predicted octanol–water partition coefficient (Wildman–Crippen LogP) is 1.39. The van der Waals surface area contributed by atoms with Crippen molar-refractivity contribution in [2.24, 2.45) is 0 Å². The number of hydrogen-bond acceptors (Lipinski definition) is 6. The summed E-state index contributed by atoms with van der Waals surface area (Å²) in [7, 11) is -2.40. The number of hydrogen-bond donors (Lipinski definition) is 0. The standard InChI is InChI=1S/C19H23N3O5S/c1-3-22(12-15-14-26-17-8-4-5-9-18(17)27-15)19(23)13-21(2)28(24,25)16-7-6-10-20-11-16/h4-11,15H,3,12-14H2,1-2H3. The van der Waals surface area contributed by atoms with Crippen LogP contribution in [0, 0.1) is 0 Å². The molecule has 0 saturated heterocycles. The molecule has 9 heteroatoms. The Bertz CT molecular complexity index is 920. The van der Waals surface area contributed by atoms with E-state index in [1.165, 1.54) is 25.5 Å². The van der Waals surface area contributed by atoms with Crippen LogP contribution in [0.15, 0.2) is 53.7 Å². The molecule has 2 heterocycles. The Morgan fingerprint density at radius 2 is 1.96 bits per heavy atom. The van der Waals surface area contributed by atoms with Crippen LogP contribution in [-0.2, 0) is 14.8 Å². The number of carbonyl (C=O) groups excluding carboxylic acids is 1. The van der Waals surface area contributed by atoms with Gasteiger partial charge in [0.25, 0.3) is 0 Å². The third kappa shape index (κ3) is 4.42. The number of likely N-dealkylation sites (N-methyl/N-ethyl adjacent to an activating group) is 2. The first-order valence-electron chi connectivity index (χ1n) is 8.94. The normalized spacial score (nSPS) is 16.0. The summed E-state index contributed by atoms with van der Waals surface area (Å²) in [5.41, 5.74) is 0. The molecule has 0 aliphatic carbocycles. The molecule has 1 unspecified atom stereocenters. The molecule has 1 atom stereocenters. The number of fused-ring (bicyclic) bond motifs is 1. The number of ether oxygens (including phenoxy) is 2. The summed E-state index contributed by atoms with van der Waals surface area (Å²) in [5, 5.41) is 0. The van der Waals surface area contributed by atoms with E-state index in [9.17, 15) is 13.2 Å². The fourth-order valence-electron chi connectivity index (χ4n) is 2.86. The molecule has 28 heavy (non-hydrogen) atoms. The Morgan fingerprint density at radius 3 is 2.64 bits per heavy atom. The van der Waals surface area contributed by atoms with Crippen LogP contribution < -0.4 is 9.47 Å². The highest BCUT2D eigenvalue weighted by Crippen LogP contribution is 2.31. The van der Waals surface area contributed by atoms with E-state index in [0.717, 1.165) is 4.31 Å². The van der Waals surface area contributed by atoms with Gasteiger partial charge in [0, 0.05) is 26.0 Å². The molecule has 2 aromatic rings. The van der Waals surface area contributed by atoms with Crippen LogP contribution in [-0.4, -0.2) is 67.9 Å². The maximum absolute atomic E-state index is 12.7. The van der Waals surface area contributed by atoms with E-state index in [1.54, 1.807) is 11.0 Å². The Labute approximate surface area is 164 Å². The maximum Gasteiger partial charge on any atom is 0.244 e. The second-order valence-corrected chi connectivity index (χ2v) is 8.42. The lowest BCUT2D eigenvalue weighted by molar-refractivity contribution is -0.132. The summed E-state index contributed by atoms with van der Waals surface area (Å²) < 4.78 is 37.8. The highest BCUT2D eigenvalue weighted by molar-refractivity contribution is 7.89. The summed E-state index contributed by atoms with van der Waals surface area (Å²) in [6.07, 6.45) is 2.44. The van der Waals surface area contributed by atoms with Crippen LogP contribution in [0.1, 0.15) is 6.92 Å². The molecule has 150 valence electrons. The summed E-state index contributed by atoms with van der Waals surface area (Å²) in [6.45, 7) is 2.64. The summed E-state index contributed by atoms with van der Waals surface area (Å²) in [4.78, 5) is 18.1. The van der Waals surface area contributed by atoms with Crippen molar-refractivity contribution in [1.82, 2.24) is 14.2 Å². The van der Waals surface area contributed by atoms with Gasteiger partial charge in [0.1, 0.15) is 11.5 Å². The number of carbonyl (C=O) groups is 1. The lowest BCUT2D eigenvalue weighted by Gasteiger charge is -2.31. The average Bonchev–Trinajstić information content (AvgIpc) is 2.72. The van der Waals surface area contributed by atoms with Crippen LogP contribution in [0.25, 0.3) is 0 Å². The molecule has 0 spiro atoms. The average molecular weight is 405 g/mol. The lowest BCUT2D eigenvalue weighted by atomic mass is 10.2. The number of aromatic nitrogens is 1. The van der Waals surface area contributed by atoms with Gasteiger partial charge in [-0.15, -0.1) is 0 Å². The van der Waals surface area contributed by atoms with E-state index in [2.05, 4.69) is 4.98 Å². The lowest BCUT2D eigenvalue weighted by Crippen LogP contribution is -2.47. The minimum atomic E-state index is -3.78. The van der Waals surface area contributed by atoms with Gasteiger partial charge >= 0.3 is 0 Å². The van der Waals surface area contributed by atoms with E-state index < -0.39 is 10.0 Å². The molecule has 0 fully saturated rings. The molecular weight excluding hydrogens is 382 g/mol. The Kier molecular flexibility index (Phi) is 6.15. The number of benzene rings is 1. The monoisotopic (exact) mass is 405 g/mol. The number of pyridine rings is 1. The van der Waals surface area contributed by atoms with Crippen molar-refractivity contribution < 1.29 is 22.7 Å². The van der Waals surface area contributed by atoms with Crippen molar-refractivity contribution in [2.45, 2.75) is 17.9 Å². The van der Waals surface area contributed by atoms with Crippen LogP contribution in [0.5, 0.6) is 11.5 Å². The maximum atomic E-state index is 12.7. The van der Waals surface area contributed by atoms with Crippen molar-refractivity contribution in [1.29, 1.82) is 0 Å². The number of para-hydroxylation sites is 2. The molecule has 1 aliphatic rings. The van der Waals surface area contributed by atoms with Gasteiger partial charge in [0.15, 0.2) is 17.6 Å². The minimum Gasteiger partial charge on any atom is -0.486 e. The number of amides is 1. The van der Waals surface area contributed by atoms with Crippen molar-refractivity contribution in [2.75, 3.05) is 33.3 Å². The van der Waals surface area contributed by atoms with Crippen molar-refractivity contribution >= 4 is 15.9 Å². The Morgan fingerprint density at radius 1 is 1.21 bits per heavy atom. The molecule has 0 saturated carbocycles. The minimum absolute atomic E-state index is 0.0500. The van der Waals surface area contributed by atoms with Gasteiger partial charge < -0.3 is 14.4 Å². The predicted molar refractivity (Wildman–Crippen MR) is 103 cm³/mol. The van der Waals surface area contributed by atoms with Gasteiger partial charge in [-0.25, -0.2) is 8.42 Å². The summed E-state index contributed by atoms with van der Waals surface area (Å²) in [6, 6.07) is 10.3. The Balaban J connectivity index is 1.62. The molecule has 8 nitrogen and oxygen atoms in total. The van der Waals surface area contributed by atoms with Crippen LogP contribution >= 0.6 is 0 Å². The molecule has 1 aliphatic heterocycles. The van der Waals surface area contributed by atoms with E-state index in [4.69, 9.17) is 9.47 Å². The second kappa shape index (κ2) is 8.57. The smallest absolute Gasteiger partial charge is 0.244 e. The summed E-state index contributed by atoms with van der Waals surface area (Å²) in [5.74, 6) is 1.01. The molecule has 1 amide bonds. The second-order valence-electron chi connectivity index (χ2n) is 6.38. The van der Waals surface area contributed by atoms with E-state index in [-0.39, 0.29) is 23.5 Å². The first-order valence-corrected chi connectivity index (χ1v) is 10.4. The van der Waals surface area contributed by atoms with Crippen LogP contribution in [0.3, 0.4) is 0 Å². The number of nitrogens with zero attached hydrogens (tertiary/aromatic N) is 3. The topological polar surface area (TPSA) is 89.0 Å². The number of sulfonamides is 1. The third-order valence-electron chi connectivity index (χ3n) is 4.43. The zero-order chi connectivity index (χ0) is 20.1. The van der Waals surface area contributed by atoms with Crippen LogP contribution in [0.2, 0.25) is 0 Å². The van der Waals surface area contributed by atoms with E-state index in [1.807, 2.05) is 31.2 Å². The van der Waals surface area contributed by atoms with Crippen molar-refractivity contribution in [3.05, 3.63) is 48.8 Å². The van der Waals surface area contributed by atoms with E-state index >= 15 is 0 Å². The molecule has 1 aromatic heterocycles. The molecule has 3 rings (SSSR count). The zero-order valence-corrected chi connectivity index (χ0v) is 16.6. The number of rotatable bonds is 7. The van der Waals surface area contributed by atoms with Gasteiger partial charge in [-0.1, -0.05) is 12.1 Å².